The van der Waals surface area contributed by atoms with Gasteiger partial charge in [-0.3, -0.25) is 4.79 Å². The molecule has 1 fully saturated rings. The summed E-state index contributed by atoms with van der Waals surface area (Å²) in [6.07, 6.45) is 2.18. The Kier molecular flexibility index (Phi) is 3.24. The number of benzene rings is 1. The summed E-state index contributed by atoms with van der Waals surface area (Å²) in [6, 6.07) is 5.36. The lowest BCUT2D eigenvalue weighted by Gasteiger charge is -2.06. The number of aromatic amines is 2. The molecule has 1 aromatic carbocycles. The van der Waals surface area contributed by atoms with Crippen LogP contribution in [-0.2, 0) is 4.79 Å². The number of imidazole rings is 1. The number of anilines is 1. The second-order valence-electron chi connectivity index (χ2n) is 6.90. The normalized spacial score (nSPS) is 22.4. The van der Waals surface area contributed by atoms with Crippen LogP contribution in [0.25, 0.3) is 11.0 Å². The molecular formula is C17H21N3O2. The van der Waals surface area contributed by atoms with Gasteiger partial charge in [0.1, 0.15) is 0 Å². The average molecular weight is 299 g/mol. The third-order valence-corrected chi connectivity index (χ3v) is 4.49. The minimum absolute atomic E-state index is 0.00610. The van der Waals surface area contributed by atoms with Gasteiger partial charge in [0.05, 0.1) is 17.0 Å². The van der Waals surface area contributed by atoms with Crippen molar-refractivity contribution in [2.75, 3.05) is 5.32 Å². The SMILES string of the molecule is CC(C)=C[C@@H]1[C@@H](C(=O)Nc2ccc3[nH]c(=O)[nH]c3c2)C1(C)C. The first-order valence-corrected chi connectivity index (χ1v) is 7.47. The van der Waals surface area contributed by atoms with Gasteiger partial charge in [-0.1, -0.05) is 25.5 Å². The molecule has 3 N–H and O–H groups in total. The van der Waals surface area contributed by atoms with E-state index in [0.717, 1.165) is 5.52 Å². The van der Waals surface area contributed by atoms with Gasteiger partial charge >= 0.3 is 5.69 Å². The lowest BCUT2D eigenvalue weighted by atomic mass is 10.1. The van der Waals surface area contributed by atoms with Crippen molar-refractivity contribution in [3.63, 3.8) is 0 Å². The summed E-state index contributed by atoms with van der Waals surface area (Å²) in [5, 5.41) is 2.96. The minimum Gasteiger partial charge on any atom is -0.326 e. The van der Waals surface area contributed by atoms with E-state index >= 15 is 0 Å². The zero-order valence-corrected chi connectivity index (χ0v) is 13.3. The number of carbonyl (C=O) groups excluding carboxylic acids is 1. The van der Waals surface area contributed by atoms with Crippen LogP contribution < -0.4 is 11.0 Å². The molecule has 1 aromatic heterocycles. The van der Waals surface area contributed by atoms with Crippen molar-refractivity contribution in [1.29, 1.82) is 0 Å². The van der Waals surface area contributed by atoms with Gasteiger partial charge in [-0.25, -0.2) is 4.79 Å². The molecule has 1 aliphatic rings. The molecule has 2 atom stereocenters. The summed E-state index contributed by atoms with van der Waals surface area (Å²) in [7, 11) is 0. The Morgan fingerprint density at radius 3 is 2.59 bits per heavy atom. The maximum absolute atomic E-state index is 12.5. The molecule has 0 aliphatic heterocycles. The topological polar surface area (TPSA) is 77.8 Å². The van der Waals surface area contributed by atoms with Crippen molar-refractivity contribution in [2.24, 2.45) is 17.3 Å². The van der Waals surface area contributed by atoms with E-state index in [4.69, 9.17) is 0 Å². The number of hydrogen-bond donors (Lipinski definition) is 3. The van der Waals surface area contributed by atoms with E-state index in [-0.39, 0.29) is 28.8 Å². The summed E-state index contributed by atoms with van der Waals surface area (Å²) in [5.41, 5.74) is 3.11. The highest BCUT2D eigenvalue weighted by atomic mass is 16.2. The van der Waals surface area contributed by atoms with Gasteiger partial charge in [0.25, 0.3) is 0 Å². The Morgan fingerprint density at radius 1 is 1.23 bits per heavy atom. The zero-order valence-electron chi connectivity index (χ0n) is 13.3. The molecule has 1 aliphatic carbocycles. The van der Waals surface area contributed by atoms with E-state index in [0.29, 0.717) is 11.2 Å². The van der Waals surface area contributed by atoms with Crippen LogP contribution in [-0.4, -0.2) is 15.9 Å². The van der Waals surface area contributed by atoms with Crippen LogP contribution in [0.2, 0.25) is 0 Å². The molecule has 0 radical (unpaired) electrons. The fourth-order valence-corrected chi connectivity index (χ4v) is 3.18. The molecule has 116 valence electrons. The molecule has 3 rings (SSSR count). The monoisotopic (exact) mass is 299 g/mol. The predicted octanol–water partition coefficient (Wildman–Crippen LogP) is 3.03. The standard InChI is InChI=1S/C17H21N3O2/c1-9(2)7-11-14(17(11,3)4)15(21)18-10-5-6-12-13(8-10)20-16(22)19-12/h5-8,11,14H,1-4H3,(H,18,21)(H2,19,20,22)/t11-,14+/m1/s1. The number of hydrogen-bond acceptors (Lipinski definition) is 2. The fraction of sp³-hybridized carbons (Fsp3) is 0.412. The molecule has 0 unspecified atom stereocenters. The molecule has 22 heavy (non-hydrogen) atoms. The van der Waals surface area contributed by atoms with Gasteiger partial charge in [-0.2, -0.15) is 0 Å². The highest BCUT2D eigenvalue weighted by Gasteiger charge is 2.60. The summed E-state index contributed by atoms with van der Waals surface area (Å²) in [6.45, 7) is 8.35. The second kappa shape index (κ2) is 4.87. The lowest BCUT2D eigenvalue weighted by molar-refractivity contribution is -0.118. The Balaban J connectivity index is 1.79. The Labute approximate surface area is 128 Å². The highest BCUT2D eigenvalue weighted by molar-refractivity contribution is 5.97. The quantitative estimate of drug-likeness (QED) is 0.762. The van der Waals surface area contributed by atoms with Gasteiger partial charge in [-0.15, -0.1) is 0 Å². The van der Waals surface area contributed by atoms with Crippen molar-refractivity contribution in [2.45, 2.75) is 27.7 Å². The van der Waals surface area contributed by atoms with E-state index in [1.54, 1.807) is 18.2 Å². The van der Waals surface area contributed by atoms with Crippen molar-refractivity contribution in [1.82, 2.24) is 9.97 Å². The van der Waals surface area contributed by atoms with Gasteiger partial charge < -0.3 is 15.3 Å². The van der Waals surface area contributed by atoms with Gasteiger partial charge in [-0.05, 0) is 43.4 Å². The molecule has 0 spiro atoms. The van der Waals surface area contributed by atoms with Crippen LogP contribution in [0.1, 0.15) is 27.7 Å². The maximum Gasteiger partial charge on any atom is 0.323 e. The van der Waals surface area contributed by atoms with E-state index < -0.39 is 0 Å². The molecule has 5 nitrogen and oxygen atoms in total. The van der Waals surface area contributed by atoms with Gasteiger partial charge in [0.2, 0.25) is 5.91 Å². The number of rotatable bonds is 3. The van der Waals surface area contributed by atoms with Crippen LogP contribution in [0.3, 0.4) is 0 Å². The average Bonchev–Trinajstić information content (AvgIpc) is 2.75. The number of allylic oxidation sites excluding steroid dienone is 2. The summed E-state index contributed by atoms with van der Waals surface area (Å²) in [4.78, 5) is 29.2. The minimum atomic E-state index is -0.245. The molecule has 0 bridgehead atoms. The fourth-order valence-electron chi connectivity index (χ4n) is 3.18. The first-order valence-electron chi connectivity index (χ1n) is 7.47. The molecular weight excluding hydrogens is 278 g/mol. The van der Waals surface area contributed by atoms with Crippen LogP contribution in [0.4, 0.5) is 5.69 Å². The molecule has 0 saturated heterocycles. The third kappa shape index (κ3) is 2.47. The number of nitrogens with one attached hydrogen (secondary N) is 3. The number of amides is 1. The largest absolute Gasteiger partial charge is 0.326 e. The van der Waals surface area contributed by atoms with E-state index in [1.807, 2.05) is 0 Å². The first kappa shape index (κ1) is 14.6. The van der Waals surface area contributed by atoms with Gasteiger partial charge in [0.15, 0.2) is 0 Å². The summed E-state index contributed by atoms with van der Waals surface area (Å²) < 4.78 is 0. The van der Waals surface area contributed by atoms with E-state index in [1.165, 1.54) is 5.57 Å². The molecule has 1 amide bonds. The maximum atomic E-state index is 12.5. The Morgan fingerprint density at radius 2 is 1.91 bits per heavy atom. The highest BCUT2D eigenvalue weighted by Crippen LogP contribution is 2.59. The van der Waals surface area contributed by atoms with Crippen LogP contribution in [0, 0.1) is 17.3 Å². The molecule has 5 heteroatoms. The van der Waals surface area contributed by atoms with Gasteiger partial charge in [0, 0.05) is 5.69 Å². The predicted molar refractivity (Wildman–Crippen MR) is 87.7 cm³/mol. The smallest absolute Gasteiger partial charge is 0.323 e. The zero-order chi connectivity index (χ0) is 16.1. The number of carbonyl (C=O) groups is 1. The summed E-state index contributed by atoms with van der Waals surface area (Å²) in [5.74, 6) is 0.307. The van der Waals surface area contributed by atoms with Crippen LogP contribution in [0.5, 0.6) is 0 Å². The number of fused-ring (bicyclic) bond motifs is 1. The van der Waals surface area contributed by atoms with Crippen molar-refractivity contribution in [3.05, 3.63) is 40.3 Å². The number of aromatic nitrogens is 2. The molecule has 1 heterocycles. The molecule has 1 saturated carbocycles. The van der Waals surface area contributed by atoms with Crippen LogP contribution in [0.15, 0.2) is 34.6 Å². The Bertz CT molecular complexity index is 822. The lowest BCUT2D eigenvalue weighted by Crippen LogP contribution is -2.16. The second-order valence-corrected chi connectivity index (χ2v) is 6.90. The van der Waals surface area contributed by atoms with E-state index in [2.05, 4.69) is 49.1 Å². The van der Waals surface area contributed by atoms with Crippen LogP contribution >= 0.6 is 0 Å². The Hall–Kier alpha value is -2.30. The third-order valence-electron chi connectivity index (χ3n) is 4.49. The first-order chi connectivity index (χ1) is 10.3. The molecule has 2 aromatic rings. The van der Waals surface area contributed by atoms with Crippen molar-refractivity contribution >= 4 is 22.6 Å². The van der Waals surface area contributed by atoms with Crippen molar-refractivity contribution < 1.29 is 4.79 Å². The summed E-state index contributed by atoms with van der Waals surface area (Å²) >= 11 is 0. The number of H-pyrrole nitrogens is 2. The van der Waals surface area contributed by atoms with E-state index in [9.17, 15) is 9.59 Å². The van der Waals surface area contributed by atoms with Crippen molar-refractivity contribution in [3.8, 4) is 0 Å².